The number of benzene rings is 1. The summed E-state index contributed by atoms with van der Waals surface area (Å²) >= 11 is 0. The SMILES string of the molecule is COc1cccc(-c2cc(C(=O)NCc3ccc(-c4cnn(C)c4)nc3)n(C)n2)c1. The van der Waals surface area contributed by atoms with Gasteiger partial charge >= 0.3 is 0 Å². The van der Waals surface area contributed by atoms with E-state index in [0.717, 1.165) is 28.1 Å². The van der Waals surface area contributed by atoms with Crippen molar-refractivity contribution in [3.05, 3.63) is 72.3 Å². The summed E-state index contributed by atoms with van der Waals surface area (Å²) < 4.78 is 8.57. The van der Waals surface area contributed by atoms with Gasteiger partial charge in [0.2, 0.25) is 0 Å². The highest BCUT2D eigenvalue weighted by Gasteiger charge is 2.14. The van der Waals surface area contributed by atoms with E-state index in [4.69, 9.17) is 4.74 Å². The lowest BCUT2D eigenvalue weighted by Gasteiger charge is -2.06. The number of carbonyl (C=O) groups is 1. The smallest absolute Gasteiger partial charge is 0.269 e. The first-order chi connectivity index (χ1) is 14.5. The summed E-state index contributed by atoms with van der Waals surface area (Å²) in [4.78, 5) is 17.1. The second kappa shape index (κ2) is 8.20. The number of aryl methyl sites for hydroxylation is 2. The summed E-state index contributed by atoms with van der Waals surface area (Å²) in [6.07, 6.45) is 5.44. The highest BCUT2D eigenvalue weighted by Crippen LogP contribution is 2.23. The fraction of sp³-hybridized carbons (Fsp3) is 0.182. The quantitative estimate of drug-likeness (QED) is 0.536. The fourth-order valence-corrected chi connectivity index (χ4v) is 3.13. The molecule has 0 aliphatic heterocycles. The molecule has 0 unspecified atom stereocenters. The lowest BCUT2D eigenvalue weighted by atomic mass is 10.1. The van der Waals surface area contributed by atoms with Gasteiger partial charge in [-0.15, -0.1) is 0 Å². The number of hydrogen-bond acceptors (Lipinski definition) is 5. The molecule has 1 N–H and O–H groups in total. The third kappa shape index (κ3) is 4.07. The molecule has 4 aromatic rings. The Morgan fingerprint density at radius 1 is 1.07 bits per heavy atom. The van der Waals surface area contributed by atoms with Gasteiger partial charge in [0.25, 0.3) is 5.91 Å². The summed E-state index contributed by atoms with van der Waals surface area (Å²) in [5.74, 6) is 0.543. The van der Waals surface area contributed by atoms with E-state index in [1.807, 2.05) is 49.6 Å². The van der Waals surface area contributed by atoms with Crippen molar-refractivity contribution in [2.24, 2.45) is 14.1 Å². The second-order valence-corrected chi connectivity index (χ2v) is 6.91. The van der Waals surface area contributed by atoms with Crippen molar-refractivity contribution >= 4 is 5.91 Å². The van der Waals surface area contributed by atoms with Gasteiger partial charge in [0, 0.05) is 44.2 Å². The van der Waals surface area contributed by atoms with Crippen LogP contribution in [-0.4, -0.2) is 37.6 Å². The van der Waals surface area contributed by atoms with Gasteiger partial charge < -0.3 is 10.1 Å². The molecule has 0 aliphatic rings. The summed E-state index contributed by atoms with van der Waals surface area (Å²) in [5.41, 5.74) is 4.78. The number of hydrogen-bond donors (Lipinski definition) is 1. The second-order valence-electron chi connectivity index (χ2n) is 6.91. The van der Waals surface area contributed by atoms with Crippen LogP contribution in [0.4, 0.5) is 0 Å². The van der Waals surface area contributed by atoms with Crippen molar-refractivity contribution in [1.82, 2.24) is 29.9 Å². The molecule has 0 aliphatic carbocycles. The van der Waals surface area contributed by atoms with E-state index in [1.165, 1.54) is 0 Å². The number of nitrogens with one attached hydrogen (secondary N) is 1. The Labute approximate surface area is 174 Å². The standard InChI is InChI=1S/C22H22N6O2/c1-27-14-17(13-25-27)19-8-7-15(11-23-19)12-24-22(29)21-10-20(26-28(21)2)16-5-4-6-18(9-16)30-3/h4-11,13-14H,12H2,1-3H3,(H,24,29). The largest absolute Gasteiger partial charge is 0.497 e. The Hall–Kier alpha value is -3.94. The Morgan fingerprint density at radius 3 is 2.63 bits per heavy atom. The number of nitrogens with zero attached hydrogens (tertiary/aromatic N) is 5. The van der Waals surface area contributed by atoms with Gasteiger partial charge in [0.1, 0.15) is 11.4 Å². The molecule has 8 heteroatoms. The topological polar surface area (TPSA) is 86.9 Å². The highest BCUT2D eigenvalue weighted by molar-refractivity contribution is 5.93. The van der Waals surface area contributed by atoms with Crippen LogP contribution in [0.5, 0.6) is 5.75 Å². The van der Waals surface area contributed by atoms with Crippen LogP contribution < -0.4 is 10.1 Å². The normalized spacial score (nSPS) is 10.8. The average Bonchev–Trinajstić information content (AvgIpc) is 3.38. The molecule has 0 bridgehead atoms. The fourth-order valence-electron chi connectivity index (χ4n) is 3.13. The first-order valence-corrected chi connectivity index (χ1v) is 9.44. The van der Waals surface area contributed by atoms with Gasteiger partial charge in [-0.2, -0.15) is 10.2 Å². The molecule has 0 atom stereocenters. The van der Waals surface area contributed by atoms with E-state index in [2.05, 4.69) is 20.5 Å². The number of aromatic nitrogens is 5. The molecule has 0 fully saturated rings. The molecule has 4 rings (SSSR count). The van der Waals surface area contributed by atoms with E-state index in [0.29, 0.717) is 17.9 Å². The molecule has 1 aromatic carbocycles. The van der Waals surface area contributed by atoms with E-state index in [1.54, 1.807) is 42.0 Å². The number of ether oxygens (including phenoxy) is 1. The minimum absolute atomic E-state index is 0.199. The molecule has 0 saturated heterocycles. The molecular weight excluding hydrogens is 380 g/mol. The number of rotatable bonds is 6. The van der Waals surface area contributed by atoms with Crippen LogP contribution >= 0.6 is 0 Å². The zero-order chi connectivity index (χ0) is 21.1. The van der Waals surface area contributed by atoms with Crippen molar-refractivity contribution in [3.8, 4) is 28.3 Å². The summed E-state index contributed by atoms with van der Waals surface area (Å²) in [6.45, 7) is 0.374. The van der Waals surface area contributed by atoms with Gasteiger partial charge in [-0.05, 0) is 29.8 Å². The van der Waals surface area contributed by atoms with Crippen LogP contribution in [0.25, 0.3) is 22.5 Å². The molecule has 0 spiro atoms. The van der Waals surface area contributed by atoms with Crippen molar-refractivity contribution in [3.63, 3.8) is 0 Å². The Bertz CT molecular complexity index is 1180. The van der Waals surface area contributed by atoms with Crippen molar-refractivity contribution in [2.75, 3.05) is 7.11 Å². The van der Waals surface area contributed by atoms with Crippen LogP contribution in [0.3, 0.4) is 0 Å². The molecule has 3 heterocycles. The predicted octanol–water partition coefficient (Wildman–Crippen LogP) is 2.82. The molecule has 1 amide bonds. The van der Waals surface area contributed by atoms with Gasteiger partial charge in [0.05, 0.1) is 24.7 Å². The lowest BCUT2D eigenvalue weighted by molar-refractivity contribution is 0.0941. The minimum Gasteiger partial charge on any atom is -0.497 e. The zero-order valence-corrected chi connectivity index (χ0v) is 17.0. The molecule has 8 nitrogen and oxygen atoms in total. The summed E-state index contributed by atoms with van der Waals surface area (Å²) in [6, 6.07) is 13.2. The van der Waals surface area contributed by atoms with Crippen LogP contribution in [0.1, 0.15) is 16.1 Å². The minimum atomic E-state index is -0.199. The molecule has 3 aromatic heterocycles. The maximum atomic E-state index is 12.7. The van der Waals surface area contributed by atoms with Gasteiger partial charge in [0.15, 0.2) is 0 Å². The molecular formula is C22H22N6O2. The summed E-state index contributed by atoms with van der Waals surface area (Å²) in [5, 5.41) is 11.5. The molecule has 152 valence electrons. The van der Waals surface area contributed by atoms with Crippen LogP contribution in [0.15, 0.2) is 61.1 Å². The molecule has 30 heavy (non-hydrogen) atoms. The van der Waals surface area contributed by atoms with E-state index >= 15 is 0 Å². The Balaban J connectivity index is 1.43. The van der Waals surface area contributed by atoms with E-state index in [9.17, 15) is 4.79 Å². The van der Waals surface area contributed by atoms with Crippen LogP contribution in [0, 0.1) is 0 Å². The highest BCUT2D eigenvalue weighted by atomic mass is 16.5. The predicted molar refractivity (Wildman–Crippen MR) is 113 cm³/mol. The number of pyridine rings is 1. The first kappa shape index (κ1) is 19.4. The van der Waals surface area contributed by atoms with E-state index < -0.39 is 0 Å². The number of amides is 1. The maximum Gasteiger partial charge on any atom is 0.269 e. The van der Waals surface area contributed by atoms with Crippen molar-refractivity contribution in [2.45, 2.75) is 6.54 Å². The van der Waals surface area contributed by atoms with Crippen molar-refractivity contribution in [1.29, 1.82) is 0 Å². The Kier molecular flexibility index (Phi) is 5.30. The number of carbonyl (C=O) groups excluding carboxylic acids is 1. The third-order valence-electron chi connectivity index (χ3n) is 4.76. The third-order valence-corrected chi connectivity index (χ3v) is 4.76. The molecule has 0 radical (unpaired) electrons. The van der Waals surface area contributed by atoms with Gasteiger partial charge in [-0.25, -0.2) is 0 Å². The number of methoxy groups -OCH3 is 1. The van der Waals surface area contributed by atoms with Gasteiger partial charge in [-0.3, -0.25) is 19.1 Å². The average molecular weight is 402 g/mol. The monoisotopic (exact) mass is 402 g/mol. The van der Waals surface area contributed by atoms with Crippen molar-refractivity contribution < 1.29 is 9.53 Å². The van der Waals surface area contributed by atoms with Crippen LogP contribution in [0.2, 0.25) is 0 Å². The maximum absolute atomic E-state index is 12.7. The Morgan fingerprint density at radius 2 is 1.93 bits per heavy atom. The van der Waals surface area contributed by atoms with E-state index in [-0.39, 0.29) is 5.91 Å². The zero-order valence-electron chi connectivity index (χ0n) is 17.0. The summed E-state index contributed by atoms with van der Waals surface area (Å²) in [7, 11) is 5.24. The molecule has 0 saturated carbocycles. The van der Waals surface area contributed by atoms with Gasteiger partial charge in [-0.1, -0.05) is 18.2 Å². The lowest BCUT2D eigenvalue weighted by Crippen LogP contribution is -2.25. The first-order valence-electron chi connectivity index (χ1n) is 9.44. The van der Waals surface area contributed by atoms with Crippen LogP contribution in [-0.2, 0) is 20.6 Å².